The van der Waals surface area contributed by atoms with E-state index in [9.17, 15) is 18.3 Å². The monoisotopic (exact) mass is 588 g/mol. The summed E-state index contributed by atoms with van der Waals surface area (Å²) in [6.07, 6.45) is 5.96. The molecule has 1 aromatic heterocycles. The molecule has 1 saturated carbocycles. The third-order valence-electron chi connectivity index (χ3n) is 8.15. The lowest BCUT2D eigenvalue weighted by molar-refractivity contribution is -0.694. The molecular weight excluding hydrogens is 550 g/mol. The molecule has 0 aliphatic heterocycles. The van der Waals surface area contributed by atoms with Crippen molar-refractivity contribution in [2.45, 2.75) is 62.2 Å². The van der Waals surface area contributed by atoms with E-state index < -0.39 is 33.6 Å². The Bertz CT molecular complexity index is 1580. The summed E-state index contributed by atoms with van der Waals surface area (Å²) in [7, 11) is -3.71. The lowest BCUT2D eigenvalue weighted by Gasteiger charge is -2.32. The maximum atomic E-state index is 13.5. The summed E-state index contributed by atoms with van der Waals surface area (Å²) < 4.78 is 38.5. The second-order valence-electron chi connectivity index (χ2n) is 10.9. The normalized spacial score (nSPS) is 18.4. The largest absolute Gasteiger partial charge is 0.463 e. The number of carbonyl (C=O) groups excluding carboxylic acids is 1. The first kappa shape index (κ1) is 29.7. The van der Waals surface area contributed by atoms with Crippen molar-refractivity contribution in [3.63, 3.8) is 0 Å². The van der Waals surface area contributed by atoms with Crippen molar-refractivity contribution in [2.24, 2.45) is 5.92 Å². The van der Waals surface area contributed by atoms with Crippen molar-refractivity contribution in [2.75, 3.05) is 6.61 Å². The molecular formula is C33H38N3O5S+. The van der Waals surface area contributed by atoms with Gasteiger partial charge in [-0.1, -0.05) is 78.9 Å². The van der Waals surface area contributed by atoms with Crippen LogP contribution in [-0.2, 0) is 38.2 Å². The van der Waals surface area contributed by atoms with E-state index in [0.29, 0.717) is 37.8 Å². The zero-order chi connectivity index (χ0) is 29.6. The van der Waals surface area contributed by atoms with E-state index in [-0.39, 0.29) is 11.5 Å². The average Bonchev–Trinajstić information content (AvgIpc) is 3.62. The second kappa shape index (κ2) is 13.0. The summed E-state index contributed by atoms with van der Waals surface area (Å²) in [5.41, 5.74) is -0.203. The fraction of sp³-hybridized carbons (Fsp3) is 0.333. The average molecular weight is 589 g/mol. The molecule has 5 rings (SSSR count). The Morgan fingerprint density at radius 1 is 1.00 bits per heavy atom. The van der Waals surface area contributed by atoms with Gasteiger partial charge in [0, 0.05) is 25.3 Å². The molecule has 3 atom stereocenters. The second-order valence-corrected chi connectivity index (χ2v) is 12.6. The molecule has 8 nitrogen and oxygen atoms in total. The fourth-order valence-electron chi connectivity index (χ4n) is 5.80. The first-order chi connectivity index (χ1) is 20.3. The van der Waals surface area contributed by atoms with Gasteiger partial charge in [-0.2, -0.15) is 0 Å². The van der Waals surface area contributed by atoms with Crippen LogP contribution in [0.4, 0.5) is 0 Å². The van der Waals surface area contributed by atoms with Gasteiger partial charge < -0.3 is 9.84 Å². The number of nitrogens with zero attached hydrogens (tertiary/aromatic N) is 2. The molecule has 1 unspecified atom stereocenters. The summed E-state index contributed by atoms with van der Waals surface area (Å²) in [5.74, 6) is -0.103. The number of rotatable bonds is 12. The van der Waals surface area contributed by atoms with Crippen LogP contribution in [0.5, 0.6) is 0 Å². The van der Waals surface area contributed by atoms with Crippen LogP contribution in [0.1, 0.15) is 42.6 Å². The molecule has 4 aromatic rings. The van der Waals surface area contributed by atoms with Gasteiger partial charge >= 0.3 is 5.97 Å². The Kier molecular flexibility index (Phi) is 9.21. The van der Waals surface area contributed by atoms with Crippen molar-refractivity contribution in [3.8, 4) is 0 Å². The van der Waals surface area contributed by atoms with Gasteiger partial charge in [-0.05, 0) is 42.5 Å². The van der Waals surface area contributed by atoms with E-state index >= 15 is 0 Å². The topological polar surface area (TPSA) is 102 Å². The van der Waals surface area contributed by atoms with E-state index in [1.165, 1.54) is 5.56 Å². The van der Waals surface area contributed by atoms with Gasteiger partial charge in [-0.3, -0.25) is 0 Å². The summed E-state index contributed by atoms with van der Waals surface area (Å²) in [4.78, 5) is 13.7. The Balaban J connectivity index is 1.21. The zero-order valence-corrected chi connectivity index (χ0v) is 24.6. The van der Waals surface area contributed by atoms with Crippen molar-refractivity contribution in [3.05, 3.63) is 120 Å². The van der Waals surface area contributed by atoms with Gasteiger partial charge in [0.1, 0.15) is 18.9 Å². The number of imidazole rings is 1. The molecule has 42 heavy (non-hydrogen) atoms. The van der Waals surface area contributed by atoms with Crippen LogP contribution in [-0.4, -0.2) is 36.7 Å². The van der Waals surface area contributed by atoms with Crippen LogP contribution in [0.15, 0.2) is 108 Å². The van der Waals surface area contributed by atoms with Gasteiger partial charge in [0.15, 0.2) is 5.60 Å². The highest BCUT2D eigenvalue weighted by Gasteiger charge is 2.50. The Hall–Kier alpha value is -3.79. The maximum Gasteiger partial charge on any atom is 0.343 e. The zero-order valence-electron chi connectivity index (χ0n) is 23.8. The number of hydrogen-bond acceptors (Lipinski definition) is 5. The van der Waals surface area contributed by atoms with Gasteiger partial charge in [0.2, 0.25) is 10.0 Å². The quantitative estimate of drug-likeness (QED) is 0.147. The number of hydrogen-bond donors (Lipinski definition) is 2. The number of nitrogens with one attached hydrogen (secondary N) is 1. The molecule has 3 aromatic carbocycles. The van der Waals surface area contributed by atoms with E-state index in [0.717, 1.165) is 12.4 Å². The van der Waals surface area contributed by atoms with Gasteiger partial charge in [-0.15, -0.1) is 0 Å². The highest BCUT2D eigenvalue weighted by molar-refractivity contribution is 7.89. The number of sulfonamides is 1. The number of aryl methyl sites for hydroxylation is 1. The molecule has 220 valence electrons. The SMILES string of the molecule is Cc1n(CCCOC(=O)[C@](O)(c2ccccc2)[C@H]2CCC(NS(=O)(=O)c3ccccc3)C2)cc[n+]1Cc1ccccc1. The van der Waals surface area contributed by atoms with Crippen LogP contribution in [0, 0.1) is 12.8 Å². The minimum atomic E-state index is -3.71. The Morgan fingerprint density at radius 3 is 2.33 bits per heavy atom. The van der Waals surface area contributed by atoms with Crippen LogP contribution < -0.4 is 9.29 Å². The molecule has 0 amide bonds. The van der Waals surface area contributed by atoms with Crippen LogP contribution >= 0.6 is 0 Å². The lowest BCUT2D eigenvalue weighted by atomic mass is 9.80. The molecule has 2 N–H and O–H groups in total. The van der Waals surface area contributed by atoms with Crippen molar-refractivity contribution < 1.29 is 27.6 Å². The number of benzene rings is 3. The minimum Gasteiger partial charge on any atom is -0.463 e. The van der Waals surface area contributed by atoms with E-state index in [2.05, 4.69) is 32.9 Å². The number of ether oxygens (including phenoxy) is 1. The van der Waals surface area contributed by atoms with E-state index in [4.69, 9.17) is 4.74 Å². The third kappa shape index (κ3) is 6.64. The number of carbonyl (C=O) groups is 1. The molecule has 1 fully saturated rings. The number of aromatic nitrogens is 2. The molecule has 1 heterocycles. The van der Waals surface area contributed by atoms with Gasteiger partial charge in [0.05, 0.1) is 18.0 Å². The predicted octanol–water partition coefficient (Wildman–Crippen LogP) is 4.10. The summed E-state index contributed by atoms with van der Waals surface area (Å²) in [5, 5.41) is 11.9. The fourth-order valence-corrected chi connectivity index (χ4v) is 7.11. The highest BCUT2D eigenvalue weighted by Crippen LogP contribution is 2.42. The molecule has 9 heteroatoms. The van der Waals surface area contributed by atoms with Gasteiger partial charge in [-0.25, -0.2) is 27.1 Å². The smallest absolute Gasteiger partial charge is 0.343 e. The first-order valence-corrected chi connectivity index (χ1v) is 15.9. The van der Waals surface area contributed by atoms with E-state index in [1.54, 1.807) is 54.6 Å². The minimum absolute atomic E-state index is 0.154. The van der Waals surface area contributed by atoms with Crippen molar-refractivity contribution >= 4 is 16.0 Å². The summed E-state index contributed by atoms with van der Waals surface area (Å²) in [6, 6.07) is 26.9. The molecule has 1 aliphatic carbocycles. The highest BCUT2D eigenvalue weighted by atomic mass is 32.2. The maximum absolute atomic E-state index is 13.5. The van der Waals surface area contributed by atoms with Crippen LogP contribution in [0.25, 0.3) is 0 Å². The molecule has 0 spiro atoms. The Labute approximate surface area is 247 Å². The molecule has 0 saturated heterocycles. The molecule has 0 bridgehead atoms. The summed E-state index contributed by atoms with van der Waals surface area (Å²) >= 11 is 0. The van der Waals surface area contributed by atoms with Crippen molar-refractivity contribution in [1.29, 1.82) is 0 Å². The van der Waals surface area contributed by atoms with Crippen molar-refractivity contribution in [1.82, 2.24) is 9.29 Å². The predicted molar refractivity (Wildman–Crippen MR) is 159 cm³/mol. The van der Waals surface area contributed by atoms with Crippen LogP contribution in [0.2, 0.25) is 0 Å². The standard InChI is InChI=1S/C33H38N3O5S/c1-26-35(21-22-36(26)25-27-12-5-2-6-13-27)20-11-23-41-32(37)33(38,28-14-7-3-8-15-28)29-18-19-30(24-29)34-42(39,40)31-16-9-4-10-17-31/h2-10,12-17,21-22,29-30,34,38H,11,18-20,23-25H2,1H3/q+1/t29-,30?,33-/m0/s1. The number of aliphatic hydroxyl groups is 1. The lowest BCUT2D eigenvalue weighted by Crippen LogP contribution is -2.44. The summed E-state index contributed by atoms with van der Waals surface area (Å²) in [6.45, 7) is 3.66. The Morgan fingerprint density at radius 2 is 1.64 bits per heavy atom. The third-order valence-corrected chi connectivity index (χ3v) is 9.69. The molecule has 1 aliphatic rings. The van der Waals surface area contributed by atoms with Gasteiger partial charge in [0.25, 0.3) is 5.82 Å². The molecule has 0 radical (unpaired) electrons. The number of esters is 1. The van der Waals surface area contributed by atoms with Crippen LogP contribution in [0.3, 0.4) is 0 Å². The van der Waals surface area contributed by atoms with E-state index in [1.807, 2.05) is 36.7 Å². The first-order valence-electron chi connectivity index (χ1n) is 14.4.